The first-order valence-electron chi connectivity index (χ1n) is 8.79. The molecule has 2 amide bonds. The van der Waals surface area contributed by atoms with Gasteiger partial charge >= 0.3 is 6.03 Å². The van der Waals surface area contributed by atoms with E-state index in [0.29, 0.717) is 23.4 Å². The van der Waals surface area contributed by atoms with Crippen molar-refractivity contribution in [1.82, 2.24) is 16.0 Å². The summed E-state index contributed by atoms with van der Waals surface area (Å²) in [4.78, 5) is 12.3. The number of rotatable bonds is 5. The minimum atomic E-state index is -0.196. The molecule has 1 atom stereocenters. The molecule has 5 nitrogen and oxygen atoms in total. The van der Waals surface area contributed by atoms with Crippen LogP contribution in [0.25, 0.3) is 0 Å². The van der Waals surface area contributed by atoms with Gasteiger partial charge in [-0.3, -0.25) is 0 Å². The maximum absolute atomic E-state index is 12.3. The van der Waals surface area contributed by atoms with Crippen molar-refractivity contribution in [3.8, 4) is 0 Å². The van der Waals surface area contributed by atoms with Crippen molar-refractivity contribution in [1.29, 1.82) is 0 Å². The lowest BCUT2D eigenvalue weighted by molar-refractivity contribution is 0.0116. The van der Waals surface area contributed by atoms with E-state index >= 15 is 0 Å². The van der Waals surface area contributed by atoms with Crippen molar-refractivity contribution in [2.75, 3.05) is 13.1 Å². The zero-order valence-corrected chi connectivity index (χ0v) is 14.6. The van der Waals surface area contributed by atoms with Crippen LogP contribution in [0.5, 0.6) is 0 Å². The minimum Gasteiger partial charge on any atom is -0.393 e. The Kier molecular flexibility index (Phi) is 5.98. The Morgan fingerprint density at radius 2 is 1.88 bits per heavy atom. The summed E-state index contributed by atoms with van der Waals surface area (Å²) in [7, 11) is 0. The van der Waals surface area contributed by atoms with Gasteiger partial charge in [0.2, 0.25) is 0 Å². The Bertz CT molecular complexity index is 540. The molecule has 1 aromatic carbocycles. The van der Waals surface area contributed by atoms with Gasteiger partial charge in [0.1, 0.15) is 0 Å². The van der Waals surface area contributed by atoms with Crippen LogP contribution in [0.2, 0.25) is 5.02 Å². The summed E-state index contributed by atoms with van der Waals surface area (Å²) < 4.78 is 0. The van der Waals surface area contributed by atoms with Crippen LogP contribution in [0.15, 0.2) is 24.3 Å². The van der Waals surface area contributed by atoms with Crippen LogP contribution in [0.1, 0.15) is 31.2 Å². The first-order chi connectivity index (χ1) is 11.6. The molecule has 1 heterocycles. The molecule has 0 radical (unpaired) electrons. The van der Waals surface area contributed by atoms with Crippen LogP contribution in [0, 0.1) is 11.8 Å². The highest BCUT2D eigenvalue weighted by Crippen LogP contribution is 2.35. The Balaban J connectivity index is 1.53. The molecular weight excluding hydrogens is 326 g/mol. The third-order valence-electron chi connectivity index (χ3n) is 5.21. The predicted molar refractivity (Wildman–Crippen MR) is 94.9 cm³/mol. The molecular formula is C18H26ClN3O2. The Labute approximate surface area is 148 Å². The highest BCUT2D eigenvalue weighted by molar-refractivity contribution is 6.30. The van der Waals surface area contributed by atoms with Gasteiger partial charge in [-0.1, -0.05) is 23.7 Å². The van der Waals surface area contributed by atoms with Crippen molar-refractivity contribution in [2.45, 2.75) is 44.4 Å². The Hall–Kier alpha value is -1.30. The van der Waals surface area contributed by atoms with E-state index < -0.39 is 0 Å². The van der Waals surface area contributed by atoms with Crippen molar-refractivity contribution < 1.29 is 9.90 Å². The van der Waals surface area contributed by atoms with E-state index in [0.717, 1.165) is 44.3 Å². The molecule has 1 aromatic rings. The fourth-order valence-corrected chi connectivity index (χ4v) is 3.86. The summed E-state index contributed by atoms with van der Waals surface area (Å²) in [5.74, 6) is 0.884. The molecule has 0 bridgehead atoms. The zero-order chi connectivity index (χ0) is 16.9. The molecule has 1 saturated heterocycles. The van der Waals surface area contributed by atoms with Crippen LogP contribution < -0.4 is 16.0 Å². The average molecular weight is 352 g/mol. The second-order valence-corrected chi connectivity index (χ2v) is 7.39. The lowest BCUT2D eigenvalue weighted by Gasteiger charge is -2.43. The molecule has 1 unspecified atom stereocenters. The first kappa shape index (κ1) is 17.5. The molecule has 2 aliphatic rings. The molecule has 2 fully saturated rings. The van der Waals surface area contributed by atoms with Crippen molar-refractivity contribution in [2.24, 2.45) is 11.8 Å². The molecule has 4 N–H and O–H groups in total. The maximum Gasteiger partial charge on any atom is 0.315 e. The number of nitrogens with one attached hydrogen (secondary N) is 3. The number of aliphatic hydroxyl groups is 1. The van der Waals surface area contributed by atoms with Crippen LogP contribution in [-0.2, 0) is 6.54 Å². The molecule has 132 valence electrons. The zero-order valence-electron chi connectivity index (χ0n) is 13.8. The monoisotopic (exact) mass is 351 g/mol. The Morgan fingerprint density at radius 3 is 2.50 bits per heavy atom. The van der Waals surface area contributed by atoms with E-state index in [1.165, 1.54) is 0 Å². The van der Waals surface area contributed by atoms with Crippen LogP contribution >= 0.6 is 11.6 Å². The van der Waals surface area contributed by atoms with Crippen molar-refractivity contribution >= 4 is 17.6 Å². The van der Waals surface area contributed by atoms with Crippen LogP contribution in [0.3, 0.4) is 0 Å². The quantitative estimate of drug-likeness (QED) is 0.657. The highest BCUT2D eigenvalue weighted by Gasteiger charge is 2.39. The van der Waals surface area contributed by atoms with E-state index in [-0.39, 0.29) is 18.2 Å². The van der Waals surface area contributed by atoms with Gasteiger partial charge in [0.25, 0.3) is 0 Å². The number of aliphatic hydroxyl groups excluding tert-OH is 1. The number of benzene rings is 1. The van der Waals surface area contributed by atoms with Gasteiger partial charge in [-0.2, -0.15) is 0 Å². The normalized spacial score (nSPS) is 25.6. The van der Waals surface area contributed by atoms with Crippen LogP contribution in [-0.4, -0.2) is 36.4 Å². The van der Waals surface area contributed by atoms with E-state index in [4.69, 9.17) is 11.6 Å². The van der Waals surface area contributed by atoms with Gasteiger partial charge in [0.05, 0.1) is 6.10 Å². The van der Waals surface area contributed by atoms with Crippen LogP contribution in [0.4, 0.5) is 4.79 Å². The summed E-state index contributed by atoms with van der Waals surface area (Å²) in [5.41, 5.74) is 1.02. The summed E-state index contributed by atoms with van der Waals surface area (Å²) in [6.45, 7) is 2.49. The number of carbonyl (C=O) groups excluding carboxylic acids is 1. The standard InChI is InChI=1S/C18H26ClN3O2/c19-15-3-1-12(2-4-15)11-21-18(24)22-17(14-9-16(23)10-14)13-5-7-20-8-6-13/h1-4,13-14,16-17,20,23H,5-11H2,(H2,21,22,24). The number of hydrogen-bond acceptors (Lipinski definition) is 3. The number of piperidine rings is 1. The number of halogens is 1. The smallest absolute Gasteiger partial charge is 0.315 e. The van der Waals surface area contributed by atoms with Gasteiger partial charge in [-0.05, 0) is 68.3 Å². The molecule has 6 heteroatoms. The summed E-state index contributed by atoms with van der Waals surface area (Å²) in [6.07, 6.45) is 3.56. The number of amides is 2. The number of urea groups is 1. The van der Waals surface area contributed by atoms with E-state index in [1.807, 2.05) is 24.3 Å². The second kappa shape index (κ2) is 8.19. The largest absolute Gasteiger partial charge is 0.393 e. The summed E-state index contributed by atoms with van der Waals surface area (Å²) >= 11 is 5.87. The predicted octanol–water partition coefficient (Wildman–Crippen LogP) is 2.28. The molecule has 1 saturated carbocycles. The van der Waals surface area contributed by atoms with Gasteiger partial charge in [-0.25, -0.2) is 4.79 Å². The van der Waals surface area contributed by atoms with Gasteiger partial charge in [0.15, 0.2) is 0 Å². The fourth-order valence-electron chi connectivity index (χ4n) is 3.73. The molecule has 1 aliphatic heterocycles. The third-order valence-corrected chi connectivity index (χ3v) is 5.47. The molecule has 0 aromatic heterocycles. The first-order valence-corrected chi connectivity index (χ1v) is 9.17. The van der Waals surface area contributed by atoms with Gasteiger partial charge in [0, 0.05) is 17.6 Å². The summed E-state index contributed by atoms with van der Waals surface area (Å²) in [5, 5.41) is 19.8. The Morgan fingerprint density at radius 1 is 1.21 bits per heavy atom. The SMILES string of the molecule is O=C(NCc1ccc(Cl)cc1)NC(C1CCNCC1)C1CC(O)C1. The summed E-state index contributed by atoms with van der Waals surface area (Å²) in [6, 6.07) is 7.49. The lowest BCUT2D eigenvalue weighted by atomic mass is 9.71. The second-order valence-electron chi connectivity index (χ2n) is 6.95. The molecule has 1 aliphatic carbocycles. The average Bonchev–Trinajstić information content (AvgIpc) is 2.57. The van der Waals surface area contributed by atoms with Gasteiger partial charge in [-0.15, -0.1) is 0 Å². The van der Waals surface area contributed by atoms with E-state index in [9.17, 15) is 9.90 Å². The van der Waals surface area contributed by atoms with Crippen molar-refractivity contribution in [3.05, 3.63) is 34.9 Å². The molecule has 24 heavy (non-hydrogen) atoms. The molecule has 0 spiro atoms. The van der Waals surface area contributed by atoms with E-state index in [1.54, 1.807) is 0 Å². The topological polar surface area (TPSA) is 73.4 Å². The number of hydrogen-bond donors (Lipinski definition) is 4. The van der Waals surface area contributed by atoms with Crippen molar-refractivity contribution in [3.63, 3.8) is 0 Å². The lowest BCUT2D eigenvalue weighted by Crippen LogP contribution is -2.54. The highest BCUT2D eigenvalue weighted by atomic mass is 35.5. The fraction of sp³-hybridized carbons (Fsp3) is 0.611. The third kappa shape index (κ3) is 4.62. The number of carbonyl (C=O) groups is 1. The molecule has 3 rings (SSSR count). The maximum atomic E-state index is 12.3. The van der Waals surface area contributed by atoms with Gasteiger partial charge < -0.3 is 21.1 Å². The van der Waals surface area contributed by atoms with E-state index in [2.05, 4.69) is 16.0 Å². The minimum absolute atomic E-state index is 0.130.